The number of piperidine rings is 1. The van der Waals surface area contributed by atoms with Crippen LogP contribution in [0.4, 0.5) is 24.7 Å². The summed E-state index contributed by atoms with van der Waals surface area (Å²) in [6, 6.07) is 9.53. The number of para-hydroxylation sites is 2. The van der Waals surface area contributed by atoms with Crippen molar-refractivity contribution in [2.24, 2.45) is 16.6 Å². The van der Waals surface area contributed by atoms with E-state index >= 15 is 0 Å². The third-order valence-corrected chi connectivity index (χ3v) is 4.72. The van der Waals surface area contributed by atoms with Gasteiger partial charge in [0.2, 0.25) is 0 Å². The molecule has 0 atom stereocenters. The number of alkyl halides is 3. The Hall–Kier alpha value is -2.24. The van der Waals surface area contributed by atoms with E-state index in [0.29, 0.717) is 0 Å². The standard InChI is InChI=1S/C20H24F3N5O.HI/c1-14-8-10-28(11-9-14)18-7-6-15(12-25-18)13-26-19(24)27-16-4-2-3-5-17(16)29-20(21,22)23;/h2-7,12,14H,8-11,13H2,1H3,(H3,24,26,27);1H. The molecule has 1 fully saturated rings. The summed E-state index contributed by atoms with van der Waals surface area (Å²) < 4.78 is 41.5. The maximum Gasteiger partial charge on any atom is 0.573 e. The van der Waals surface area contributed by atoms with Crippen LogP contribution in [-0.2, 0) is 6.54 Å². The van der Waals surface area contributed by atoms with Crippen LogP contribution < -0.4 is 20.7 Å². The fraction of sp³-hybridized carbons (Fsp3) is 0.400. The highest BCUT2D eigenvalue weighted by Crippen LogP contribution is 2.29. The van der Waals surface area contributed by atoms with Gasteiger partial charge in [0.05, 0.1) is 12.2 Å². The molecule has 0 aliphatic carbocycles. The zero-order valence-corrected chi connectivity index (χ0v) is 18.9. The lowest BCUT2D eigenvalue weighted by Crippen LogP contribution is -2.33. The molecule has 1 aromatic heterocycles. The summed E-state index contributed by atoms with van der Waals surface area (Å²) in [7, 11) is 0. The highest BCUT2D eigenvalue weighted by molar-refractivity contribution is 14.0. The fourth-order valence-electron chi connectivity index (χ4n) is 3.07. The summed E-state index contributed by atoms with van der Waals surface area (Å²) >= 11 is 0. The average molecular weight is 535 g/mol. The Kier molecular flexibility index (Phi) is 8.56. The molecule has 1 aliphatic rings. The summed E-state index contributed by atoms with van der Waals surface area (Å²) in [6.45, 7) is 4.52. The Labute approximate surface area is 190 Å². The number of pyridine rings is 1. The highest BCUT2D eigenvalue weighted by atomic mass is 127. The topological polar surface area (TPSA) is 75.8 Å². The number of ether oxygens (including phenoxy) is 1. The van der Waals surface area contributed by atoms with Gasteiger partial charge >= 0.3 is 6.36 Å². The zero-order chi connectivity index (χ0) is 20.9. The van der Waals surface area contributed by atoms with Gasteiger partial charge < -0.3 is 20.7 Å². The van der Waals surface area contributed by atoms with Crippen molar-refractivity contribution in [2.45, 2.75) is 32.7 Å². The third-order valence-electron chi connectivity index (χ3n) is 4.72. The molecule has 2 aromatic rings. The first kappa shape index (κ1) is 24.0. The van der Waals surface area contributed by atoms with Crippen LogP contribution in [0.5, 0.6) is 5.75 Å². The number of hydrogen-bond donors (Lipinski definition) is 2. The van der Waals surface area contributed by atoms with Crippen LogP contribution >= 0.6 is 24.0 Å². The fourth-order valence-corrected chi connectivity index (χ4v) is 3.07. The largest absolute Gasteiger partial charge is 0.573 e. The minimum Gasteiger partial charge on any atom is -0.404 e. The quantitative estimate of drug-likeness (QED) is 0.328. The second kappa shape index (κ2) is 10.7. The van der Waals surface area contributed by atoms with Crippen LogP contribution in [0, 0.1) is 5.92 Å². The van der Waals surface area contributed by atoms with Crippen molar-refractivity contribution < 1.29 is 17.9 Å². The second-order valence-electron chi connectivity index (χ2n) is 7.06. The number of aromatic nitrogens is 1. The molecule has 6 nitrogen and oxygen atoms in total. The summed E-state index contributed by atoms with van der Waals surface area (Å²) in [6.07, 6.45) is -0.723. The van der Waals surface area contributed by atoms with Crippen molar-refractivity contribution in [3.8, 4) is 5.75 Å². The minimum absolute atomic E-state index is 0. The van der Waals surface area contributed by atoms with Crippen LogP contribution in [0.1, 0.15) is 25.3 Å². The Bertz CT molecular complexity index is 837. The SMILES string of the molecule is CC1CCN(c2ccc(CN=C(N)Nc3ccccc3OC(F)(F)F)cn2)CC1.I. The molecule has 10 heteroatoms. The van der Waals surface area contributed by atoms with Crippen molar-refractivity contribution in [3.63, 3.8) is 0 Å². The third kappa shape index (κ3) is 7.22. The van der Waals surface area contributed by atoms with Crippen molar-refractivity contribution in [1.82, 2.24) is 4.98 Å². The lowest BCUT2D eigenvalue weighted by molar-refractivity contribution is -0.274. The van der Waals surface area contributed by atoms with Crippen molar-refractivity contribution in [3.05, 3.63) is 48.2 Å². The van der Waals surface area contributed by atoms with E-state index in [0.717, 1.165) is 43.2 Å². The molecule has 0 bridgehead atoms. The molecule has 0 saturated carbocycles. The van der Waals surface area contributed by atoms with Gasteiger partial charge in [0.15, 0.2) is 11.7 Å². The van der Waals surface area contributed by atoms with Gasteiger partial charge in [0, 0.05) is 19.3 Å². The molecule has 0 radical (unpaired) electrons. The average Bonchev–Trinajstić information content (AvgIpc) is 2.68. The van der Waals surface area contributed by atoms with Gasteiger partial charge in [0.1, 0.15) is 5.82 Å². The maximum atomic E-state index is 12.5. The van der Waals surface area contributed by atoms with Gasteiger partial charge in [-0.15, -0.1) is 37.1 Å². The molecule has 3 N–H and O–H groups in total. The molecule has 1 aromatic carbocycles. The van der Waals surface area contributed by atoms with Crippen molar-refractivity contribution in [1.29, 1.82) is 0 Å². The smallest absolute Gasteiger partial charge is 0.404 e. The number of aliphatic imine (C=N–C) groups is 1. The lowest BCUT2D eigenvalue weighted by Gasteiger charge is -2.31. The van der Waals surface area contributed by atoms with E-state index < -0.39 is 6.36 Å². The van der Waals surface area contributed by atoms with E-state index in [9.17, 15) is 13.2 Å². The Morgan fingerprint density at radius 3 is 2.57 bits per heavy atom. The molecule has 0 spiro atoms. The number of guanidine groups is 1. The Balaban J connectivity index is 0.00000320. The highest BCUT2D eigenvalue weighted by Gasteiger charge is 2.32. The van der Waals surface area contributed by atoms with Crippen LogP contribution in [0.25, 0.3) is 0 Å². The van der Waals surface area contributed by atoms with E-state index in [1.165, 1.54) is 18.2 Å². The van der Waals surface area contributed by atoms with Crippen molar-refractivity contribution >= 4 is 41.4 Å². The number of rotatable bonds is 5. The number of nitrogens with one attached hydrogen (secondary N) is 1. The number of nitrogens with zero attached hydrogens (tertiary/aromatic N) is 3. The molecule has 0 unspecified atom stereocenters. The lowest BCUT2D eigenvalue weighted by atomic mass is 9.99. The van der Waals surface area contributed by atoms with Gasteiger partial charge in [-0.05, 0) is 42.5 Å². The molecular weight excluding hydrogens is 510 g/mol. The maximum absolute atomic E-state index is 12.5. The summed E-state index contributed by atoms with van der Waals surface area (Å²) in [5, 5.41) is 2.64. The number of halogens is 4. The molecule has 164 valence electrons. The summed E-state index contributed by atoms with van der Waals surface area (Å²) in [5.74, 6) is 1.30. The predicted molar refractivity (Wildman–Crippen MR) is 122 cm³/mol. The molecule has 1 saturated heterocycles. The van der Waals surface area contributed by atoms with Crippen LogP contribution in [-0.4, -0.2) is 30.4 Å². The second-order valence-corrected chi connectivity index (χ2v) is 7.06. The van der Waals surface area contributed by atoms with E-state index in [4.69, 9.17) is 5.73 Å². The summed E-state index contributed by atoms with van der Waals surface area (Å²) in [5.41, 5.74) is 6.75. The van der Waals surface area contributed by atoms with E-state index in [1.807, 2.05) is 12.1 Å². The number of hydrogen-bond acceptors (Lipinski definition) is 4. The predicted octanol–water partition coefficient (Wildman–Crippen LogP) is 4.76. The number of anilines is 2. The van der Waals surface area contributed by atoms with Gasteiger partial charge in [0.25, 0.3) is 0 Å². The normalized spacial score (nSPS) is 15.5. The van der Waals surface area contributed by atoms with E-state index in [2.05, 4.69) is 31.9 Å². The van der Waals surface area contributed by atoms with Crippen LogP contribution in [0.2, 0.25) is 0 Å². The molecular formula is C20H25F3IN5O. The van der Waals surface area contributed by atoms with Crippen LogP contribution in [0.15, 0.2) is 47.6 Å². The molecule has 2 heterocycles. The molecule has 3 rings (SSSR count). The Morgan fingerprint density at radius 1 is 1.23 bits per heavy atom. The van der Waals surface area contributed by atoms with Gasteiger partial charge in [-0.1, -0.05) is 25.1 Å². The first-order chi connectivity index (χ1) is 13.8. The molecule has 0 amide bonds. The van der Waals surface area contributed by atoms with E-state index in [-0.39, 0.29) is 47.9 Å². The number of benzene rings is 1. The molecule has 1 aliphatic heterocycles. The zero-order valence-electron chi connectivity index (χ0n) is 16.5. The Morgan fingerprint density at radius 2 is 1.93 bits per heavy atom. The first-order valence-corrected chi connectivity index (χ1v) is 9.42. The monoisotopic (exact) mass is 535 g/mol. The first-order valence-electron chi connectivity index (χ1n) is 9.42. The summed E-state index contributed by atoms with van der Waals surface area (Å²) in [4.78, 5) is 10.9. The van der Waals surface area contributed by atoms with Gasteiger partial charge in [-0.25, -0.2) is 9.98 Å². The molecule has 30 heavy (non-hydrogen) atoms. The van der Waals surface area contributed by atoms with Crippen LogP contribution in [0.3, 0.4) is 0 Å². The van der Waals surface area contributed by atoms with Gasteiger partial charge in [-0.3, -0.25) is 0 Å². The van der Waals surface area contributed by atoms with Crippen molar-refractivity contribution in [2.75, 3.05) is 23.3 Å². The van der Waals surface area contributed by atoms with E-state index in [1.54, 1.807) is 12.3 Å². The minimum atomic E-state index is -4.79. The number of nitrogens with two attached hydrogens (primary N) is 1. The van der Waals surface area contributed by atoms with Gasteiger partial charge in [-0.2, -0.15) is 0 Å².